The van der Waals surface area contributed by atoms with Gasteiger partial charge in [-0.15, -0.1) is 0 Å². The average Bonchev–Trinajstić information content (AvgIpc) is 2.37. The van der Waals surface area contributed by atoms with Crippen molar-refractivity contribution < 1.29 is 4.74 Å². The summed E-state index contributed by atoms with van der Waals surface area (Å²) in [5, 5.41) is 0. The van der Waals surface area contributed by atoms with Gasteiger partial charge in [0.2, 0.25) is 0 Å². The van der Waals surface area contributed by atoms with Gasteiger partial charge in [-0.1, -0.05) is 32.9 Å². The molecule has 18 heavy (non-hydrogen) atoms. The van der Waals surface area contributed by atoms with Gasteiger partial charge in [0.25, 0.3) is 0 Å². The van der Waals surface area contributed by atoms with E-state index in [1.54, 1.807) is 12.4 Å². The third-order valence-electron chi connectivity index (χ3n) is 2.74. The highest BCUT2D eigenvalue weighted by atomic mass is 16.5. The molecular weight excluding hydrogens is 224 g/mol. The van der Waals surface area contributed by atoms with Crippen molar-refractivity contribution >= 4 is 0 Å². The Morgan fingerprint density at radius 2 is 1.61 bits per heavy atom. The molecule has 0 aliphatic rings. The van der Waals surface area contributed by atoms with Gasteiger partial charge in [0.15, 0.2) is 0 Å². The summed E-state index contributed by atoms with van der Waals surface area (Å²) < 4.78 is 5.68. The fourth-order valence-corrected chi connectivity index (χ4v) is 1.62. The molecule has 0 fully saturated rings. The topological polar surface area (TPSA) is 35.0 Å². The molecule has 0 spiro atoms. The lowest BCUT2D eigenvalue weighted by Crippen LogP contribution is -2.10. The molecule has 0 amide bonds. The third kappa shape index (κ3) is 3.29. The monoisotopic (exact) mass is 242 g/mol. The highest BCUT2D eigenvalue weighted by Gasteiger charge is 2.12. The Balaban J connectivity index is 1.99. The fraction of sp³-hybridized carbons (Fsp3) is 0.333. The first-order valence-corrected chi connectivity index (χ1v) is 6.03. The molecule has 0 aliphatic heterocycles. The van der Waals surface area contributed by atoms with Crippen LogP contribution in [0.3, 0.4) is 0 Å². The van der Waals surface area contributed by atoms with Gasteiger partial charge in [0.05, 0.1) is 0 Å². The van der Waals surface area contributed by atoms with Crippen molar-refractivity contribution in [3.8, 4) is 5.75 Å². The minimum Gasteiger partial charge on any atom is -0.489 e. The summed E-state index contributed by atoms with van der Waals surface area (Å²) in [5.74, 6) is 0.867. The van der Waals surface area contributed by atoms with E-state index in [-0.39, 0.29) is 5.41 Å². The summed E-state index contributed by atoms with van der Waals surface area (Å²) in [6, 6.07) is 8.22. The number of hydrogen-bond donors (Lipinski definition) is 0. The first kappa shape index (κ1) is 12.6. The maximum absolute atomic E-state index is 5.68. The van der Waals surface area contributed by atoms with Crippen molar-refractivity contribution in [1.29, 1.82) is 0 Å². The summed E-state index contributed by atoms with van der Waals surface area (Å²) in [6.45, 7) is 7.09. The lowest BCUT2D eigenvalue weighted by atomic mass is 9.87. The van der Waals surface area contributed by atoms with E-state index < -0.39 is 0 Å². The number of nitrogens with zero attached hydrogens (tertiary/aromatic N) is 2. The first-order chi connectivity index (χ1) is 8.55. The maximum atomic E-state index is 5.68. The van der Waals surface area contributed by atoms with Gasteiger partial charge in [-0.25, -0.2) is 9.97 Å². The van der Waals surface area contributed by atoms with E-state index >= 15 is 0 Å². The average molecular weight is 242 g/mol. The molecule has 2 aromatic rings. The van der Waals surface area contributed by atoms with Crippen LogP contribution in [0.1, 0.15) is 31.9 Å². The molecule has 3 nitrogen and oxygen atoms in total. The zero-order valence-electron chi connectivity index (χ0n) is 11.1. The highest BCUT2D eigenvalue weighted by molar-refractivity contribution is 5.31. The van der Waals surface area contributed by atoms with Crippen molar-refractivity contribution in [2.24, 2.45) is 0 Å². The second kappa shape index (κ2) is 5.17. The molecule has 0 unspecified atom stereocenters. The lowest BCUT2D eigenvalue weighted by Gasteiger charge is -2.19. The van der Waals surface area contributed by atoms with E-state index in [0.29, 0.717) is 6.61 Å². The Labute approximate surface area is 108 Å². The molecule has 0 atom stereocenters. The van der Waals surface area contributed by atoms with Crippen molar-refractivity contribution in [2.45, 2.75) is 32.8 Å². The smallest absolute Gasteiger partial charge is 0.119 e. The van der Waals surface area contributed by atoms with Crippen LogP contribution in [0.25, 0.3) is 0 Å². The Morgan fingerprint density at radius 1 is 1.00 bits per heavy atom. The van der Waals surface area contributed by atoms with Crippen LogP contribution in [-0.2, 0) is 12.0 Å². The zero-order valence-corrected chi connectivity index (χ0v) is 11.1. The number of rotatable bonds is 3. The van der Waals surface area contributed by atoms with Crippen molar-refractivity contribution in [3.05, 3.63) is 54.1 Å². The normalized spacial score (nSPS) is 11.3. The summed E-state index contributed by atoms with van der Waals surface area (Å²) in [5.41, 5.74) is 2.45. The minimum absolute atomic E-state index is 0.172. The molecule has 3 heteroatoms. The number of hydrogen-bond acceptors (Lipinski definition) is 3. The molecule has 0 aliphatic carbocycles. The van der Waals surface area contributed by atoms with E-state index in [1.807, 2.05) is 12.1 Å². The number of ether oxygens (including phenoxy) is 1. The van der Waals surface area contributed by atoms with Crippen LogP contribution in [0.15, 0.2) is 43.0 Å². The van der Waals surface area contributed by atoms with Gasteiger partial charge in [-0.2, -0.15) is 0 Å². The van der Waals surface area contributed by atoms with E-state index in [1.165, 1.54) is 11.9 Å². The zero-order chi connectivity index (χ0) is 13.0. The second-order valence-corrected chi connectivity index (χ2v) is 5.31. The molecule has 0 saturated carbocycles. The van der Waals surface area contributed by atoms with E-state index in [4.69, 9.17) is 4.74 Å². The Kier molecular flexibility index (Phi) is 3.60. The lowest BCUT2D eigenvalue weighted by molar-refractivity contribution is 0.305. The third-order valence-corrected chi connectivity index (χ3v) is 2.74. The SMILES string of the molecule is CC(C)(C)c1ccc(OCc2cncnc2)cc1. The number of aromatic nitrogens is 2. The maximum Gasteiger partial charge on any atom is 0.119 e. The Morgan fingerprint density at radius 3 is 2.17 bits per heavy atom. The van der Waals surface area contributed by atoms with E-state index in [9.17, 15) is 0 Å². The van der Waals surface area contributed by atoms with Gasteiger partial charge >= 0.3 is 0 Å². The Hall–Kier alpha value is -1.90. The first-order valence-electron chi connectivity index (χ1n) is 6.03. The van der Waals surface area contributed by atoms with E-state index in [2.05, 4.69) is 42.9 Å². The summed E-state index contributed by atoms with van der Waals surface area (Å²) in [6.07, 6.45) is 5.04. The molecule has 2 rings (SSSR count). The quantitative estimate of drug-likeness (QED) is 0.827. The van der Waals surface area contributed by atoms with Crippen LogP contribution < -0.4 is 4.74 Å². The van der Waals surface area contributed by atoms with Gasteiger partial charge in [0.1, 0.15) is 18.7 Å². The molecule has 0 N–H and O–H groups in total. The van der Waals surface area contributed by atoms with Crippen molar-refractivity contribution in [3.63, 3.8) is 0 Å². The molecule has 1 heterocycles. The van der Waals surface area contributed by atoms with Crippen LogP contribution in [0.5, 0.6) is 5.75 Å². The van der Waals surface area contributed by atoms with Crippen LogP contribution in [-0.4, -0.2) is 9.97 Å². The summed E-state index contributed by atoms with van der Waals surface area (Å²) in [7, 11) is 0. The van der Waals surface area contributed by atoms with Crippen molar-refractivity contribution in [2.75, 3.05) is 0 Å². The molecule has 0 radical (unpaired) electrons. The molecule has 0 saturated heterocycles. The summed E-state index contributed by atoms with van der Waals surface area (Å²) in [4.78, 5) is 7.90. The van der Waals surface area contributed by atoms with Gasteiger partial charge in [-0.05, 0) is 23.1 Å². The Bertz CT molecular complexity index is 486. The molecule has 1 aromatic carbocycles. The van der Waals surface area contributed by atoms with Gasteiger partial charge in [-0.3, -0.25) is 0 Å². The molecule has 0 bridgehead atoms. The summed E-state index contributed by atoms with van der Waals surface area (Å²) >= 11 is 0. The second-order valence-electron chi connectivity index (χ2n) is 5.31. The van der Waals surface area contributed by atoms with Gasteiger partial charge < -0.3 is 4.74 Å². The standard InChI is InChI=1S/C15H18N2O/c1-15(2,3)13-4-6-14(7-5-13)18-10-12-8-16-11-17-9-12/h4-9,11H,10H2,1-3H3. The molecule has 94 valence electrons. The van der Waals surface area contributed by atoms with Gasteiger partial charge in [0, 0.05) is 18.0 Å². The van der Waals surface area contributed by atoms with E-state index in [0.717, 1.165) is 11.3 Å². The van der Waals surface area contributed by atoms with Crippen molar-refractivity contribution in [1.82, 2.24) is 9.97 Å². The molecule has 1 aromatic heterocycles. The van der Waals surface area contributed by atoms with Crippen LogP contribution in [0.2, 0.25) is 0 Å². The van der Waals surface area contributed by atoms with Crippen LogP contribution >= 0.6 is 0 Å². The fourth-order valence-electron chi connectivity index (χ4n) is 1.62. The minimum atomic E-state index is 0.172. The van der Waals surface area contributed by atoms with Crippen LogP contribution in [0, 0.1) is 0 Å². The number of benzene rings is 1. The largest absolute Gasteiger partial charge is 0.489 e. The predicted molar refractivity (Wildman–Crippen MR) is 71.5 cm³/mol. The van der Waals surface area contributed by atoms with Crippen LogP contribution in [0.4, 0.5) is 0 Å². The predicted octanol–water partition coefficient (Wildman–Crippen LogP) is 3.35. The molecular formula is C15H18N2O. The highest BCUT2D eigenvalue weighted by Crippen LogP contribution is 2.24.